The molecule has 0 aromatic carbocycles. The summed E-state index contributed by atoms with van der Waals surface area (Å²) in [5.74, 6) is -0.159. The maximum Gasteiger partial charge on any atom is 0.322 e. The molecule has 1 aliphatic heterocycles. The zero-order valence-corrected chi connectivity index (χ0v) is 9.71. The molecule has 0 radical (unpaired) electrons. The second kappa shape index (κ2) is 6.80. The third-order valence-corrected chi connectivity index (χ3v) is 2.72. The van der Waals surface area contributed by atoms with Crippen molar-refractivity contribution in [2.75, 3.05) is 19.7 Å². The lowest BCUT2D eigenvalue weighted by atomic mass is 10.0. The second-order valence-electron chi connectivity index (χ2n) is 4.03. The van der Waals surface area contributed by atoms with Gasteiger partial charge < -0.3 is 15.4 Å². The highest BCUT2D eigenvalue weighted by Gasteiger charge is 2.17. The van der Waals surface area contributed by atoms with E-state index in [1.807, 2.05) is 13.8 Å². The van der Waals surface area contributed by atoms with Crippen molar-refractivity contribution in [3.63, 3.8) is 0 Å². The van der Waals surface area contributed by atoms with E-state index in [1.54, 1.807) is 0 Å². The number of ether oxygens (including phenoxy) is 1. The van der Waals surface area contributed by atoms with Crippen LogP contribution in [0.1, 0.15) is 33.1 Å². The second-order valence-corrected chi connectivity index (χ2v) is 4.03. The fraction of sp³-hybridized carbons (Fsp3) is 0.909. The molecule has 0 saturated carbocycles. The van der Waals surface area contributed by atoms with Crippen LogP contribution < -0.4 is 10.6 Å². The average Bonchev–Trinajstić information content (AvgIpc) is 2.27. The molecule has 0 bridgehead atoms. The number of carbonyl (C=O) groups excluding carboxylic acids is 1. The molecule has 1 fully saturated rings. The highest BCUT2D eigenvalue weighted by molar-refractivity contribution is 5.75. The Balaban J connectivity index is 2.14. The number of piperidine rings is 1. The summed E-state index contributed by atoms with van der Waals surface area (Å²) < 4.78 is 4.92. The molecule has 4 nitrogen and oxygen atoms in total. The third kappa shape index (κ3) is 4.62. The largest absolute Gasteiger partial charge is 0.465 e. The Bertz CT molecular complexity index is 191. The highest BCUT2D eigenvalue weighted by atomic mass is 16.5. The Morgan fingerprint density at radius 3 is 3.00 bits per heavy atom. The van der Waals surface area contributed by atoms with Crippen LogP contribution in [0, 0.1) is 0 Å². The van der Waals surface area contributed by atoms with Gasteiger partial charge in [-0.2, -0.15) is 0 Å². The first-order chi connectivity index (χ1) is 7.24. The van der Waals surface area contributed by atoms with Crippen molar-refractivity contribution in [2.24, 2.45) is 0 Å². The molecule has 2 N–H and O–H groups in total. The van der Waals surface area contributed by atoms with E-state index in [2.05, 4.69) is 10.6 Å². The average molecular weight is 214 g/mol. The molecule has 15 heavy (non-hydrogen) atoms. The Morgan fingerprint density at radius 2 is 2.40 bits per heavy atom. The molecular weight excluding hydrogens is 192 g/mol. The highest BCUT2D eigenvalue weighted by Crippen LogP contribution is 2.05. The van der Waals surface area contributed by atoms with Crippen LogP contribution in [-0.2, 0) is 9.53 Å². The van der Waals surface area contributed by atoms with Crippen LogP contribution in [0.2, 0.25) is 0 Å². The molecule has 2 atom stereocenters. The predicted octanol–water partition coefficient (Wildman–Crippen LogP) is 0.670. The van der Waals surface area contributed by atoms with Gasteiger partial charge in [0.15, 0.2) is 0 Å². The molecule has 0 aromatic rings. The van der Waals surface area contributed by atoms with Crippen molar-refractivity contribution < 1.29 is 9.53 Å². The summed E-state index contributed by atoms with van der Waals surface area (Å²) in [7, 11) is 0. The Hall–Kier alpha value is -0.610. The number of nitrogens with one attached hydrogen (secondary N) is 2. The molecular formula is C11H22N2O2. The smallest absolute Gasteiger partial charge is 0.322 e. The van der Waals surface area contributed by atoms with Gasteiger partial charge >= 0.3 is 5.97 Å². The van der Waals surface area contributed by atoms with E-state index < -0.39 is 0 Å². The Labute approximate surface area is 91.8 Å². The van der Waals surface area contributed by atoms with E-state index in [1.165, 1.54) is 19.3 Å². The molecule has 2 unspecified atom stereocenters. The first kappa shape index (κ1) is 12.5. The number of hydrogen-bond acceptors (Lipinski definition) is 4. The van der Waals surface area contributed by atoms with Gasteiger partial charge in [0.25, 0.3) is 0 Å². The number of rotatable bonds is 5. The van der Waals surface area contributed by atoms with Gasteiger partial charge in [-0.25, -0.2) is 0 Å². The normalized spacial score (nSPS) is 23.5. The summed E-state index contributed by atoms with van der Waals surface area (Å²) in [6.45, 7) is 6.07. The zero-order chi connectivity index (χ0) is 11.1. The fourth-order valence-electron chi connectivity index (χ4n) is 1.77. The third-order valence-electron chi connectivity index (χ3n) is 2.72. The molecule has 0 aromatic heterocycles. The van der Waals surface area contributed by atoms with E-state index in [-0.39, 0.29) is 12.0 Å². The fourth-order valence-corrected chi connectivity index (χ4v) is 1.77. The minimum atomic E-state index is -0.200. The van der Waals surface area contributed by atoms with Gasteiger partial charge in [0, 0.05) is 12.6 Å². The first-order valence-electron chi connectivity index (χ1n) is 5.87. The topological polar surface area (TPSA) is 50.4 Å². The molecule has 0 amide bonds. The molecule has 1 aliphatic rings. The maximum atomic E-state index is 11.3. The maximum absolute atomic E-state index is 11.3. The predicted molar refractivity (Wildman–Crippen MR) is 59.7 cm³/mol. The summed E-state index contributed by atoms with van der Waals surface area (Å²) in [6, 6.07) is 0.310. The van der Waals surface area contributed by atoms with E-state index in [4.69, 9.17) is 4.74 Å². The van der Waals surface area contributed by atoms with Crippen LogP contribution >= 0.6 is 0 Å². The van der Waals surface area contributed by atoms with E-state index >= 15 is 0 Å². The quantitative estimate of drug-likeness (QED) is 0.660. The number of carbonyl (C=O) groups is 1. The van der Waals surface area contributed by atoms with Gasteiger partial charge in [0.2, 0.25) is 0 Å². The number of esters is 1. The standard InChI is InChI=1S/C11H22N2O2/c1-3-15-11(14)9(2)13-8-10-6-4-5-7-12-10/h9-10,12-13H,3-8H2,1-2H3. The molecule has 0 aliphatic carbocycles. The lowest BCUT2D eigenvalue weighted by Gasteiger charge is -2.25. The van der Waals surface area contributed by atoms with E-state index in [0.29, 0.717) is 12.6 Å². The minimum absolute atomic E-state index is 0.159. The number of hydrogen-bond donors (Lipinski definition) is 2. The van der Waals surface area contributed by atoms with Gasteiger partial charge in [-0.15, -0.1) is 0 Å². The summed E-state index contributed by atoms with van der Waals surface area (Å²) >= 11 is 0. The molecule has 0 spiro atoms. The lowest BCUT2D eigenvalue weighted by molar-refractivity contribution is -0.145. The summed E-state index contributed by atoms with van der Waals surface area (Å²) in [5.41, 5.74) is 0. The van der Waals surface area contributed by atoms with Crippen LogP contribution in [0.25, 0.3) is 0 Å². The van der Waals surface area contributed by atoms with Crippen molar-refractivity contribution in [1.29, 1.82) is 0 Å². The van der Waals surface area contributed by atoms with Crippen molar-refractivity contribution >= 4 is 5.97 Å². The van der Waals surface area contributed by atoms with Crippen LogP contribution in [0.4, 0.5) is 0 Å². The Kier molecular flexibility index (Phi) is 5.65. The summed E-state index contributed by atoms with van der Waals surface area (Å²) in [4.78, 5) is 11.3. The molecule has 88 valence electrons. The summed E-state index contributed by atoms with van der Waals surface area (Å²) in [6.07, 6.45) is 3.75. The Morgan fingerprint density at radius 1 is 1.60 bits per heavy atom. The van der Waals surface area contributed by atoms with Gasteiger partial charge in [0.1, 0.15) is 6.04 Å². The zero-order valence-electron chi connectivity index (χ0n) is 9.71. The van der Waals surface area contributed by atoms with Crippen LogP contribution in [0.5, 0.6) is 0 Å². The molecule has 4 heteroatoms. The van der Waals surface area contributed by atoms with E-state index in [0.717, 1.165) is 13.1 Å². The lowest BCUT2D eigenvalue weighted by Crippen LogP contribution is -2.46. The minimum Gasteiger partial charge on any atom is -0.465 e. The van der Waals surface area contributed by atoms with Crippen molar-refractivity contribution in [2.45, 2.75) is 45.2 Å². The van der Waals surface area contributed by atoms with Gasteiger partial charge in [-0.3, -0.25) is 4.79 Å². The van der Waals surface area contributed by atoms with Crippen molar-refractivity contribution in [3.8, 4) is 0 Å². The molecule has 1 saturated heterocycles. The molecule has 1 rings (SSSR count). The van der Waals surface area contributed by atoms with Crippen molar-refractivity contribution in [3.05, 3.63) is 0 Å². The SMILES string of the molecule is CCOC(=O)C(C)NCC1CCCCN1. The van der Waals surface area contributed by atoms with Crippen LogP contribution in [0.15, 0.2) is 0 Å². The van der Waals surface area contributed by atoms with Crippen LogP contribution in [-0.4, -0.2) is 37.7 Å². The molecule has 1 heterocycles. The monoisotopic (exact) mass is 214 g/mol. The van der Waals surface area contributed by atoms with E-state index in [9.17, 15) is 4.79 Å². The summed E-state index contributed by atoms with van der Waals surface area (Å²) in [5, 5.41) is 6.63. The first-order valence-corrected chi connectivity index (χ1v) is 5.87. The van der Waals surface area contributed by atoms with Crippen molar-refractivity contribution in [1.82, 2.24) is 10.6 Å². The van der Waals surface area contributed by atoms with Gasteiger partial charge in [-0.05, 0) is 33.2 Å². The van der Waals surface area contributed by atoms with Gasteiger partial charge in [-0.1, -0.05) is 6.42 Å². The van der Waals surface area contributed by atoms with Crippen LogP contribution in [0.3, 0.4) is 0 Å². The van der Waals surface area contributed by atoms with Gasteiger partial charge in [0.05, 0.1) is 6.61 Å².